The van der Waals surface area contributed by atoms with Crippen LogP contribution in [0.2, 0.25) is 5.02 Å². The van der Waals surface area contributed by atoms with Crippen molar-refractivity contribution in [2.24, 2.45) is 7.05 Å². The fourth-order valence-corrected chi connectivity index (χ4v) is 3.50. The van der Waals surface area contributed by atoms with Crippen molar-refractivity contribution < 1.29 is 4.21 Å². The summed E-state index contributed by atoms with van der Waals surface area (Å²) in [6.45, 7) is 6.48. The summed E-state index contributed by atoms with van der Waals surface area (Å²) in [5.74, 6) is 4.06. The van der Waals surface area contributed by atoms with Crippen molar-refractivity contribution >= 4 is 37.9 Å². The predicted molar refractivity (Wildman–Crippen MR) is 89.3 cm³/mol. The third kappa shape index (κ3) is 2.86. The molecular formula is C15H21ClN2OS. The van der Waals surface area contributed by atoms with Gasteiger partial charge in [0.25, 0.3) is 0 Å². The van der Waals surface area contributed by atoms with Gasteiger partial charge in [0.05, 0.1) is 22.0 Å². The fraction of sp³-hybridized carbons (Fsp3) is 0.467. The second kappa shape index (κ2) is 4.78. The van der Waals surface area contributed by atoms with Crippen molar-refractivity contribution in [3.8, 4) is 0 Å². The molecule has 0 radical (unpaired) electrons. The number of rotatable bonds is 2. The van der Waals surface area contributed by atoms with Gasteiger partial charge in [-0.2, -0.15) is 5.10 Å². The second-order valence-electron chi connectivity index (χ2n) is 6.47. The smallest absolute Gasteiger partial charge is 0.0837 e. The van der Waals surface area contributed by atoms with Crippen LogP contribution in [0.15, 0.2) is 12.1 Å². The highest BCUT2D eigenvalue weighted by Gasteiger charge is 2.23. The summed E-state index contributed by atoms with van der Waals surface area (Å²) < 4.78 is 13.8. The van der Waals surface area contributed by atoms with E-state index < -0.39 is 9.52 Å². The Morgan fingerprint density at radius 1 is 1.40 bits per heavy atom. The number of aryl methyl sites for hydroxylation is 1. The molecule has 1 aromatic heterocycles. The zero-order chi connectivity index (χ0) is 15.3. The summed E-state index contributed by atoms with van der Waals surface area (Å²) in [4.78, 5) is 0. The summed E-state index contributed by atoms with van der Waals surface area (Å²) in [6, 6.07) is 3.94. The molecule has 3 nitrogen and oxygen atoms in total. The Hall–Kier alpha value is -1.00. The van der Waals surface area contributed by atoms with Crippen LogP contribution in [-0.4, -0.2) is 26.1 Å². The van der Waals surface area contributed by atoms with Crippen molar-refractivity contribution in [2.45, 2.75) is 31.9 Å². The standard InChI is InChI=1S/C15H21ClN2OS/c1-15(2,3)10-7-8-11(16)13-12(9-20(5,6)19)17-18(4)14(10)13/h7-8H,5,9H2,1-4,6H3. The van der Waals surface area contributed by atoms with Gasteiger partial charge in [-0.05, 0) is 32.4 Å². The van der Waals surface area contributed by atoms with E-state index >= 15 is 0 Å². The van der Waals surface area contributed by atoms with Gasteiger partial charge in [-0.1, -0.05) is 38.4 Å². The van der Waals surface area contributed by atoms with Crippen molar-refractivity contribution in [1.82, 2.24) is 9.78 Å². The molecule has 110 valence electrons. The first-order valence-electron chi connectivity index (χ1n) is 6.45. The molecule has 1 aromatic carbocycles. The van der Waals surface area contributed by atoms with Crippen LogP contribution in [0.1, 0.15) is 32.0 Å². The minimum absolute atomic E-state index is 0.00794. The maximum atomic E-state index is 12.0. The van der Waals surface area contributed by atoms with E-state index in [0.29, 0.717) is 10.8 Å². The maximum absolute atomic E-state index is 12.0. The van der Waals surface area contributed by atoms with E-state index in [0.717, 1.165) is 16.6 Å². The van der Waals surface area contributed by atoms with Crippen LogP contribution in [0.25, 0.3) is 10.9 Å². The van der Waals surface area contributed by atoms with Gasteiger partial charge >= 0.3 is 0 Å². The zero-order valence-electron chi connectivity index (χ0n) is 12.7. The number of nitrogens with zero attached hydrogens (tertiary/aromatic N) is 2. The monoisotopic (exact) mass is 312 g/mol. The average molecular weight is 313 g/mol. The molecule has 0 saturated heterocycles. The third-order valence-corrected chi connectivity index (χ3v) is 4.46. The molecule has 20 heavy (non-hydrogen) atoms. The molecule has 0 amide bonds. The van der Waals surface area contributed by atoms with Crippen LogP contribution in [0, 0.1) is 0 Å². The van der Waals surface area contributed by atoms with Crippen molar-refractivity contribution in [3.63, 3.8) is 0 Å². The molecular weight excluding hydrogens is 292 g/mol. The average Bonchev–Trinajstić information content (AvgIpc) is 2.53. The molecule has 1 atom stereocenters. The van der Waals surface area contributed by atoms with Gasteiger partial charge < -0.3 is 0 Å². The summed E-state index contributed by atoms with van der Waals surface area (Å²) in [5.41, 5.74) is 2.96. The quantitative estimate of drug-likeness (QED) is 0.797. The van der Waals surface area contributed by atoms with Crippen molar-refractivity contribution in [3.05, 3.63) is 28.4 Å². The first-order valence-corrected chi connectivity index (χ1v) is 9.13. The number of hydrogen-bond acceptors (Lipinski definition) is 2. The van der Waals surface area contributed by atoms with Crippen LogP contribution in [0.5, 0.6) is 0 Å². The molecule has 5 heteroatoms. The van der Waals surface area contributed by atoms with E-state index in [4.69, 9.17) is 11.6 Å². The lowest BCUT2D eigenvalue weighted by atomic mass is 9.85. The molecule has 0 spiro atoms. The SMILES string of the molecule is C=S(C)(=O)Cc1nn(C)c2c(C(C)(C)C)ccc(Cl)c12. The van der Waals surface area contributed by atoms with Crippen LogP contribution in [0.3, 0.4) is 0 Å². The Bertz CT molecular complexity index is 767. The van der Waals surface area contributed by atoms with Gasteiger partial charge in [0, 0.05) is 18.7 Å². The van der Waals surface area contributed by atoms with Crippen LogP contribution in [0.4, 0.5) is 0 Å². The molecule has 0 fully saturated rings. The number of halogens is 1. The second-order valence-corrected chi connectivity index (χ2v) is 9.53. The topological polar surface area (TPSA) is 34.9 Å². The Balaban J connectivity index is 2.83. The largest absolute Gasteiger partial charge is 0.268 e. The van der Waals surface area contributed by atoms with Crippen molar-refractivity contribution in [1.29, 1.82) is 0 Å². The normalized spacial score (nSPS) is 15.5. The molecule has 0 saturated carbocycles. The van der Waals surface area contributed by atoms with E-state index in [1.165, 1.54) is 5.56 Å². The molecule has 1 unspecified atom stereocenters. The Morgan fingerprint density at radius 3 is 2.50 bits per heavy atom. The molecule has 0 aliphatic rings. The summed E-state index contributed by atoms with van der Waals surface area (Å²) >= 11 is 6.36. The Kier molecular flexibility index (Phi) is 3.68. The van der Waals surface area contributed by atoms with Crippen LogP contribution >= 0.6 is 11.6 Å². The Morgan fingerprint density at radius 2 is 2.00 bits per heavy atom. The first-order chi connectivity index (χ1) is 9.00. The van der Waals surface area contributed by atoms with E-state index in [1.54, 1.807) is 6.26 Å². The number of fused-ring (bicyclic) bond motifs is 1. The molecule has 2 aromatic rings. The summed E-state index contributed by atoms with van der Waals surface area (Å²) in [5, 5.41) is 6.08. The van der Waals surface area contributed by atoms with E-state index in [9.17, 15) is 4.21 Å². The summed E-state index contributed by atoms with van der Waals surface area (Å²) in [6.07, 6.45) is 1.65. The van der Waals surface area contributed by atoms with Gasteiger partial charge in [-0.3, -0.25) is 8.89 Å². The van der Waals surface area contributed by atoms with Gasteiger partial charge in [0.15, 0.2) is 0 Å². The first kappa shape index (κ1) is 15.4. The highest BCUT2D eigenvalue weighted by molar-refractivity contribution is 7.98. The fourth-order valence-electron chi connectivity index (χ4n) is 2.45. The van der Waals surface area contributed by atoms with Gasteiger partial charge in [0.1, 0.15) is 0 Å². The molecule has 0 aliphatic carbocycles. The summed E-state index contributed by atoms with van der Waals surface area (Å²) in [7, 11) is -0.254. The lowest BCUT2D eigenvalue weighted by molar-refractivity contribution is 0.590. The molecule has 0 bridgehead atoms. The number of aromatic nitrogens is 2. The van der Waals surface area contributed by atoms with Crippen LogP contribution in [-0.2, 0) is 27.7 Å². The third-order valence-electron chi connectivity index (χ3n) is 3.26. The minimum Gasteiger partial charge on any atom is -0.268 e. The highest BCUT2D eigenvalue weighted by Crippen LogP contribution is 2.35. The van der Waals surface area contributed by atoms with Gasteiger partial charge in [0.2, 0.25) is 0 Å². The molecule has 2 rings (SSSR count). The van der Waals surface area contributed by atoms with E-state index in [2.05, 4.69) is 31.7 Å². The highest BCUT2D eigenvalue weighted by atomic mass is 35.5. The predicted octanol–water partition coefficient (Wildman–Crippen LogP) is 3.37. The lowest BCUT2D eigenvalue weighted by Crippen LogP contribution is -2.13. The molecule has 1 heterocycles. The van der Waals surface area contributed by atoms with Gasteiger partial charge in [-0.15, -0.1) is 0 Å². The van der Waals surface area contributed by atoms with Gasteiger partial charge in [-0.25, -0.2) is 0 Å². The number of hydrogen-bond donors (Lipinski definition) is 0. The van der Waals surface area contributed by atoms with Crippen LogP contribution < -0.4 is 0 Å². The minimum atomic E-state index is -2.15. The number of benzene rings is 1. The zero-order valence-corrected chi connectivity index (χ0v) is 14.2. The Labute approximate surface area is 125 Å². The molecule has 0 N–H and O–H groups in total. The van der Waals surface area contributed by atoms with E-state index in [1.807, 2.05) is 23.9 Å². The van der Waals surface area contributed by atoms with E-state index in [-0.39, 0.29) is 5.41 Å². The lowest BCUT2D eigenvalue weighted by Gasteiger charge is -2.21. The molecule has 0 aliphatic heterocycles. The maximum Gasteiger partial charge on any atom is 0.0837 e. The van der Waals surface area contributed by atoms with Crippen molar-refractivity contribution in [2.75, 3.05) is 6.26 Å².